The normalized spacial score (nSPS) is 13.3. The number of nitrogens with two attached hydrogens (primary N) is 1. The summed E-state index contributed by atoms with van der Waals surface area (Å²) in [7, 11) is 0. The number of rotatable bonds is 4. The lowest BCUT2D eigenvalue weighted by Crippen LogP contribution is -2.49. The Morgan fingerprint density at radius 1 is 1.06 bits per heavy atom. The van der Waals surface area contributed by atoms with Crippen LogP contribution in [0.2, 0.25) is 5.02 Å². The zero-order chi connectivity index (χ0) is 26.4. The maximum Gasteiger partial charge on any atom is 0.347 e. The number of thiol groups is 1. The van der Waals surface area contributed by atoms with Crippen LogP contribution < -0.4 is 16.2 Å². The standard InChI is InChI=1S/C23H23ClN4O4S.C3H8/c1-14-2-7-18-17(12-14)20(19(22(30)28(18)33)23(31)32-13-25)26-8-10-27(11-9-26)21(29)15-3-5-16(24)6-4-15;1-3-2/h2-7,12,33H,8-11,13,25H2,1H3;3H2,1-2H3. The summed E-state index contributed by atoms with van der Waals surface area (Å²) in [6.07, 6.45) is 1.25. The van der Waals surface area contributed by atoms with Gasteiger partial charge in [-0.25, -0.2) is 4.79 Å². The molecule has 0 spiro atoms. The second kappa shape index (κ2) is 12.3. The van der Waals surface area contributed by atoms with E-state index in [1.165, 1.54) is 6.42 Å². The van der Waals surface area contributed by atoms with Crippen molar-refractivity contribution in [3.8, 4) is 0 Å². The number of fused-ring (bicyclic) bond motifs is 1. The Morgan fingerprint density at radius 3 is 2.25 bits per heavy atom. The van der Waals surface area contributed by atoms with E-state index in [4.69, 9.17) is 22.1 Å². The predicted molar refractivity (Wildman–Crippen MR) is 147 cm³/mol. The molecule has 0 saturated carbocycles. The van der Waals surface area contributed by atoms with Crippen molar-refractivity contribution in [1.29, 1.82) is 0 Å². The Hall–Kier alpha value is -3.01. The molecule has 0 aliphatic carbocycles. The largest absolute Gasteiger partial charge is 0.446 e. The van der Waals surface area contributed by atoms with Gasteiger partial charge in [-0.3, -0.25) is 19.3 Å². The van der Waals surface area contributed by atoms with Crippen molar-refractivity contribution in [3.63, 3.8) is 0 Å². The van der Waals surface area contributed by atoms with Crippen LogP contribution in [-0.2, 0) is 4.74 Å². The highest BCUT2D eigenvalue weighted by Gasteiger charge is 2.30. The lowest BCUT2D eigenvalue weighted by atomic mass is 10.0. The van der Waals surface area contributed by atoms with Gasteiger partial charge in [0.1, 0.15) is 12.3 Å². The molecule has 4 rings (SSSR count). The fourth-order valence-corrected chi connectivity index (χ4v) is 4.44. The first-order chi connectivity index (χ1) is 17.2. The maximum absolute atomic E-state index is 13.1. The van der Waals surface area contributed by atoms with Gasteiger partial charge in [-0.15, -0.1) is 0 Å². The molecule has 2 N–H and O–H groups in total. The van der Waals surface area contributed by atoms with E-state index in [9.17, 15) is 14.4 Å². The molecular formula is C26H31ClN4O4S. The van der Waals surface area contributed by atoms with Crippen molar-refractivity contribution in [2.75, 3.05) is 37.8 Å². The highest BCUT2D eigenvalue weighted by Crippen LogP contribution is 2.31. The summed E-state index contributed by atoms with van der Waals surface area (Å²) in [6.45, 7) is 7.54. The first-order valence-electron chi connectivity index (χ1n) is 11.8. The SMILES string of the molecule is CCC.Cc1ccc2c(c1)c(N1CCN(C(=O)c3ccc(Cl)cc3)CC1)c(C(=O)OCN)c(=O)n2S. The first kappa shape index (κ1) is 27.6. The molecular weight excluding hydrogens is 500 g/mol. The van der Waals surface area contributed by atoms with E-state index < -0.39 is 11.5 Å². The van der Waals surface area contributed by atoms with Crippen molar-refractivity contribution < 1.29 is 14.3 Å². The molecule has 1 amide bonds. The first-order valence-corrected chi connectivity index (χ1v) is 12.6. The van der Waals surface area contributed by atoms with Crippen molar-refractivity contribution in [3.05, 3.63) is 74.5 Å². The number of benzene rings is 2. The summed E-state index contributed by atoms with van der Waals surface area (Å²) < 4.78 is 6.14. The van der Waals surface area contributed by atoms with E-state index in [-0.39, 0.29) is 18.2 Å². The number of carbonyl (C=O) groups excluding carboxylic acids is 2. The highest BCUT2D eigenvalue weighted by molar-refractivity contribution is 7.78. The van der Waals surface area contributed by atoms with Crippen LogP contribution in [0.5, 0.6) is 0 Å². The number of amides is 1. The molecule has 3 aromatic rings. The van der Waals surface area contributed by atoms with Crippen molar-refractivity contribution in [2.45, 2.75) is 27.2 Å². The van der Waals surface area contributed by atoms with E-state index in [0.29, 0.717) is 53.4 Å². The molecule has 0 atom stereocenters. The van der Waals surface area contributed by atoms with Crippen molar-refractivity contribution in [2.24, 2.45) is 5.73 Å². The molecule has 1 aromatic heterocycles. The van der Waals surface area contributed by atoms with E-state index in [1.54, 1.807) is 35.2 Å². The lowest BCUT2D eigenvalue weighted by Gasteiger charge is -2.37. The molecule has 2 heterocycles. The molecule has 1 aliphatic rings. The minimum absolute atomic E-state index is 0.0967. The molecule has 0 bridgehead atoms. The third kappa shape index (κ3) is 5.86. The number of aromatic nitrogens is 1. The number of hydrogen-bond donors (Lipinski definition) is 2. The van der Waals surface area contributed by atoms with Crippen molar-refractivity contribution in [1.82, 2.24) is 8.87 Å². The summed E-state index contributed by atoms with van der Waals surface area (Å²) in [6, 6.07) is 12.3. The Kier molecular flexibility index (Phi) is 9.42. The van der Waals surface area contributed by atoms with E-state index in [0.717, 1.165) is 9.54 Å². The number of carbonyl (C=O) groups is 2. The molecule has 1 aliphatic heterocycles. The number of anilines is 1. The Bertz CT molecular complexity index is 1300. The second-order valence-electron chi connectivity index (χ2n) is 8.45. The third-order valence-corrected chi connectivity index (χ3v) is 6.32. The minimum atomic E-state index is -0.802. The Labute approximate surface area is 221 Å². The summed E-state index contributed by atoms with van der Waals surface area (Å²) >= 11 is 10.2. The van der Waals surface area contributed by atoms with Gasteiger partial charge in [0, 0.05) is 42.2 Å². The molecule has 0 radical (unpaired) electrons. The fourth-order valence-electron chi connectivity index (χ4n) is 4.04. The Morgan fingerprint density at radius 2 is 1.67 bits per heavy atom. The van der Waals surface area contributed by atoms with Gasteiger partial charge < -0.3 is 14.5 Å². The molecule has 0 unspecified atom stereocenters. The van der Waals surface area contributed by atoms with Gasteiger partial charge >= 0.3 is 5.97 Å². The summed E-state index contributed by atoms with van der Waals surface area (Å²) in [5, 5.41) is 1.26. The number of esters is 1. The van der Waals surface area contributed by atoms with E-state index in [1.807, 2.05) is 24.0 Å². The van der Waals surface area contributed by atoms with Crippen LogP contribution in [0.15, 0.2) is 47.3 Å². The lowest BCUT2D eigenvalue weighted by molar-refractivity contribution is 0.0513. The van der Waals surface area contributed by atoms with Crippen molar-refractivity contribution >= 4 is 52.9 Å². The van der Waals surface area contributed by atoms with Crippen LogP contribution in [0, 0.1) is 6.92 Å². The summed E-state index contributed by atoms with van der Waals surface area (Å²) in [4.78, 5) is 42.4. The van der Waals surface area contributed by atoms with E-state index >= 15 is 0 Å². The third-order valence-electron chi connectivity index (χ3n) is 5.67. The maximum atomic E-state index is 13.1. The predicted octanol–water partition coefficient (Wildman–Crippen LogP) is 4.11. The zero-order valence-corrected chi connectivity index (χ0v) is 22.3. The number of aryl methyl sites for hydroxylation is 1. The molecule has 10 heteroatoms. The number of piperazine rings is 1. The number of nitrogens with zero attached hydrogens (tertiary/aromatic N) is 3. The minimum Gasteiger partial charge on any atom is -0.446 e. The van der Waals surface area contributed by atoms with Crippen LogP contribution in [0.25, 0.3) is 10.9 Å². The Balaban J connectivity index is 0.00000115. The van der Waals surface area contributed by atoms with Gasteiger partial charge in [-0.05, 0) is 43.3 Å². The topological polar surface area (TPSA) is 97.9 Å². The number of halogens is 1. The van der Waals surface area contributed by atoms with Gasteiger partial charge in [0.2, 0.25) is 0 Å². The quantitative estimate of drug-likeness (QED) is 0.299. The van der Waals surface area contributed by atoms with Crippen LogP contribution in [-0.4, -0.2) is 53.7 Å². The zero-order valence-electron chi connectivity index (χ0n) is 20.7. The van der Waals surface area contributed by atoms with Crippen LogP contribution in [0.3, 0.4) is 0 Å². The van der Waals surface area contributed by atoms with E-state index in [2.05, 4.69) is 26.7 Å². The average molecular weight is 531 g/mol. The molecule has 1 saturated heterocycles. The summed E-state index contributed by atoms with van der Waals surface area (Å²) in [5.41, 5.74) is 7.27. The van der Waals surface area contributed by atoms with Gasteiger partial charge in [0.15, 0.2) is 0 Å². The van der Waals surface area contributed by atoms with Crippen LogP contribution in [0.1, 0.15) is 46.5 Å². The molecule has 36 heavy (non-hydrogen) atoms. The molecule has 192 valence electrons. The highest BCUT2D eigenvalue weighted by atomic mass is 35.5. The number of ether oxygens (including phenoxy) is 1. The molecule has 8 nitrogen and oxygen atoms in total. The fraction of sp³-hybridized carbons (Fsp3) is 0.346. The van der Waals surface area contributed by atoms with Crippen LogP contribution >= 0.6 is 24.4 Å². The summed E-state index contributed by atoms with van der Waals surface area (Å²) in [5.74, 6) is -0.899. The number of pyridine rings is 1. The smallest absolute Gasteiger partial charge is 0.347 e. The molecule has 1 fully saturated rings. The van der Waals surface area contributed by atoms with Gasteiger partial charge in [-0.2, -0.15) is 0 Å². The van der Waals surface area contributed by atoms with Gasteiger partial charge in [0.25, 0.3) is 11.5 Å². The average Bonchev–Trinajstić information content (AvgIpc) is 2.86. The van der Waals surface area contributed by atoms with Crippen LogP contribution in [0.4, 0.5) is 5.69 Å². The molecule has 2 aromatic carbocycles. The second-order valence-corrected chi connectivity index (χ2v) is 9.29. The van der Waals surface area contributed by atoms with Gasteiger partial charge in [-0.1, -0.05) is 56.3 Å². The number of hydrogen-bond acceptors (Lipinski definition) is 7. The van der Waals surface area contributed by atoms with Gasteiger partial charge in [0.05, 0.1) is 11.2 Å². The monoisotopic (exact) mass is 530 g/mol.